The fourth-order valence-corrected chi connectivity index (χ4v) is 2.94. The number of fused-ring (bicyclic) bond motifs is 1. The highest BCUT2D eigenvalue weighted by Crippen LogP contribution is 2.28. The summed E-state index contributed by atoms with van der Waals surface area (Å²) in [5.74, 6) is 0. The molecule has 0 atom stereocenters. The fraction of sp³-hybridized carbons (Fsp3) is 0.150. The lowest BCUT2D eigenvalue weighted by Crippen LogP contribution is -2.28. The molecule has 4 heteroatoms. The minimum atomic E-state index is -0.0804. The molecule has 0 N–H and O–H groups in total. The van der Waals surface area contributed by atoms with E-state index in [0.29, 0.717) is 5.02 Å². The third-order valence-corrected chi connectivity index (χ3v) is 4.16. The lowest BCUT2D eigenvalue weighted by molar-refractivity contribution is 0.220. The first-order valence-corrected chi connectivity index (χ1v) is 8.11. The Labute approximate surface area is 146 Å². The highest BCUT2D eigenvalue weighted by atomic mass is 35.5. The molecule has 3 rings (SSSR count). The standard InChI is InChI=1S/C20H19ClN2O/c1-14(11-15-7-5-4-6-8-15)19-13-16-12-17(21)9-10-18(16)23(19)20(24)22(2)3/h4-13H,1-3H3/b14-11+. The van der Waals surface area contributed by atoms with Gasteiger partial charge in [0, 0.05) is 24.5 Å². The molecule has 0 aliphatic rings. The van der Waals surface area contributed by atoms with Crippen LogP contribution < -0.4 is 0 Å². The van der Waals surface area contributed by atoms with E-state index in [9.17, 15) is 4.79 Å². The van der Waals surface area contributed by atoms with Crippen LogP contribution in [0.25, 0.3) is 22.6 Å². The average Bonchev–Trinajstić information content (AvgIpc) is 2.93. The van der Waals surface area contributed by atoms with Crippen molar-refractivity contribution in [3.8, 4) is 0 Å². The Bertz CT molecular complexity index is 923. The number of carbonyl (C=O) groups is 1. The van der Waals surface area contributed by atoms with Crippen molar-refractivity contribution in [2.75, 3.05) is 14.1 Å². The summed E-state index contributed by atoms with van der Waals surface area (Å²) in [4.78, 5) is 14.3. The zero-order valence-electron chi connectivity index (χ0n) is 14.0. The second kappa shape index (κ2) is 6.54. The van der Waals surface area contributed by atoms with Gasteiger partial charge >= 0.3 is 6.03 Å². The quantitative estimate of drug-likeness (QED) is 0.615. The van der Waals surface area contributed by atoms with Crippen LogP contribution in [0.4, 0.5) is 4.79 Å². The van der Waals surface area contributed by atoms with Gasteiger partial charge in [-0.3, -0.25) is 4.57 Å². The number of carbonyl (C=O) groups excluding carboxylic acids is 1. The van der Waals surface area contributed by atoms with Crippen molar-refractivity contribution < 1.29 is 4.79 Å². The number of aromatic nitrogens is 1. The van der Waals surface area contributed by atoms with Crippen LogP contribution in [0.2, 0.25) is 5.02 Å². The molecule has 3 nitrogen and oxygen atoms in total. The van der Waals surface area contributed by atoms with Crippen molar-refractivity contribution in [3.05, 3.63) is 70.9 Å². The van der Waals surface area contributed by atoms with Gasteiger partial charge in [-0.25, -0.2) is 4.79 Å². The number of hydrogen-bond donors (Lipinski definition) is 0. The van der Waals surface area contributed by atoms with Crippen LogP contribution in [0.15, 0.2) is 54.6 Å². The van der Waals surface area contributed by atoms with Gasteiger partial charge in [0.2, 0.25) is 0 Å². The molecule has 0 saturated carbocycles. The van der Waals surface area contributed by atoms with Crippen molar-refractivity contribution >= 4 is 40.2 Å². The summed E-state index contributed by atoms with van der Waals surface area (Å²) < 4.78 is 1.74. The van der Waals surface area contributed by atoms with Crippen LogP contribution >= 0.6 is 11.6 Å². The van der Waals surface area contributed by atoms with Crippen molar-refractivity contribution in [1.82, 2.24) is 9.47 Å². The third kappa shape index (κ3) is 3.08. The molecule has 122 valence electrons. The van der Waals surface area contributed by atoms with Crippen LogP contribution in [0.1, 0.15) is 18.2 Å². The zero-order valence-corrected chi connectivity index (χ0v) is 14.7. The van der Waals surface area contributed by atoms with E-state index in [0.717, 1.165) is 27.7 Å². The van der Waals surface area contributed by atoms with Crippen molar-refractivity contribution in [2.24, 2.45) is 0 Å². The lowest BCUT2D eigenvalue weighted by atomic mass is 10.1. The van der Waals surface area contributed by atoms with Gasteiger partial charge in [-0.1, -0.05) is 41.9 Å². The van der Waals surface area contributed by atoms with Gasteiger partial charge in [0.05, 0.1) is 11.2 Å². The van der Waals surface area contributed by atoms with E-state index in [2.05, 4.69) is 6.08 Å². The molecule has 0 aliphatic heterocycles. The number of hydrogen-bond acceptors (Lipinski definition) is 1. The molecule has 0 spiro atoms. The minimum Gasteiger partial charge on any atom is -0.330 e. The molecule has 1 amide bonds. The Morgan fingerprint density at radius 2 is 1.79 bits per heavy atom. The SMILES string of the molecule is C/C(=C\c1ccccc1)c1cc2cc(Cl)ccc2n1C(=O)N(C)C. The van der Waals surface area contributed by atoms with Crippen molar-refractivity contribution in [2.45, 2.75) is 6.92 Å². The molecular formula is C20H19ClN2O. The van der Waals surface area contributed by atoms with Gasteiger partial charge in [-0.15, -0.1) is 0 Å². The molecule has 0 bridgehead atoms. The number of amides is 1. The summed E-state index contributed by atoms with van der Waals surface area (Å²) in [6.07, 6.45) is 2.08. The van der Waals surface area contributed by atoms with E-state index in [1.807, 2.05) is 61.5 Å². The van der Waals surface area contributed by atoms with Gasteiger partial charge in [-0.2, -0.15) is 0 Å². The van der Waals surface area contributed by atoms with Crippen LogP contribution in [-0.2, 0) is 0 Å². The molecule has 1 heterocycles. The largest absolute Gasteiger partial charge is 0.330 e. The molecule has 1 aromatic heterocycles. The Hall–Kier alpha value is -2.52. The van der Waals surface area contributed by atoms with Gasteiger partial charge in [0.25, 0.3) is 0 Å². The molecule has 0 saturated heterocycles. The van der Waals surface area contributed by atoms with Gasteiger partial charge < -0.3 is 4.90 Å². The summed E-state index contributed by atoms with van der Waals surface area (Å²) in [7, 11) is 3.51. The molecule has 0 unspecified atom stereocenters. The monoisotopic (exact) mass is 338 g/mol. The zero-order chi connectivity index (χ0) is 17.3. The lowest BCUT2D eigenvalue weighted by Gasteiger charge is -2.15. The maximum absolute atomic E-state index is 12.7. The van der Waals surface area contributed by atoms with Crippen LogP contribution in [-0.4, -0.2) is 29.6 Å². The molecule has 3 aromatic rings. The molecule has 0 aliphatic carbocycles. The number of rotatable bonds is 2. The highest BCUT2D eigenvalue weighted by molar-refractivity contribution is 6.31. The molecule has 0 fully saturated rings. The van der Waals surface area contributed by atoms with E-state index in [4.69, 9.17) is 11.6 Å². The van der Waals surface area contributed by atoms with Gasteiger partial charge in [0.1, 0.15) is 0 Å². The van der Waals surface area contributed by atoms with Crippen molar-refractivity contribution in [1.29, 1.82) is 0 Å². The summed E-state index contributed by atoms with van der Waals surface area (Å²) in [5, 5.41) is 1.61. The van der Waals surface area contributed by atoms with E-state index in [1.54, 1.807) is 23.6 Å². The van der Waals surface area contributed by atoms with Crippen molar-refractivity contribution in [3.63, 3.8) is 0 Å². The predicted molar refractivity (Wildman–Crippen MR) is 101 cm³/mol. The first-order valence-electron chi connectivity index (χ1n) is 7.74. The van der Waals surface area contributed by atoms with Gasteiger partial charge in [-0.05, 0) is 48.4 Å². The summed E-state index contributed by atoms with van der Waals surface area (Å²) >= 11 is 6.11. The van der Waals surface area contributed by atoms with E-state index < -0.39 is 0 Å². The maximum atomic E-state index is 12.7. The van der Waals surface area contributed by atoms with Crippen LogP contribution in [0.5, 0.6) is 0 Å². The Kier molecular flexibility index (Phi) is 4.45. The van der Waals surface area contributed by atoms with Crippen LogP contribution in [0, 0.1) is 0 Å². The number of benzene rings is 2. The van der Waals surface area contributed by atoms with E-state index in [1.165, 1.54) is 0 Å². The number of halogens is 1. The number of nitrogens with zero attached hydrogens (tertiary/aromatic N) is 2. The summed E-state index contributed by atoms with van der Waals surface area (Å²) in [6, 6.07) is 17.6. The first-order chi connectivity index (χ1) is 11.5. The topological polar surface area (TPSA) is 25.2 Å². The second-order valence-corrected chi connectivity index (χ2v) is 6.42. The predicted octanol–water partition coefficient (Wildman–Crippen LogP) is 5.38. The third-order valence-electron chi connectivity index (χ3n) is 3.92. The highest BCUT2D eigenvalue weighted by Gasteiger charge is 2.17. The Morgan fingerprint density at radius 3 is 2.46 bits per heavy atom. The molecular weight excluding hydrogens is 320 g/mol. The van der Waals surface area contributed by atoms with E-state index >= 15 is 0 Å². The number of allylic oxidation sites excluding steroid dienone is 1. The molecule has 24 heavy (non-hydrogen) atoms. The molecule has 0 radical (unpaired) electrons. The Balaban J connectivity index is 2.21. The summed E-state index contributed by atoms with van der Waals surface area (Å²) in [5.41, 5.74) is 3.84. The van der Waals surface area contributed by atoms with E-state index in [-0.39, 0.29) is 6.03 Å². The average molecular weight is 339 g/mol. The van der Waals surface area contributed by atoms with Crippen LogP contribution in [0.3, 0.4) is 0 Å². The normalized spacial score (nSPS) is 11.8. The first kappa shape index (κ1) is 16.3. The minimum absolute atomic E-state index is 0.0804. The fourth-order valence-electron chi connectivity index (χ4n) is 2.76. The maximum Gasteiger partial charge on any atom is 0.328 e. The molecule has 2 aromatic carbocycles. The Morgan fingerprint density at radius 1 is 1.08 bits per heavy atom. The smallest absolute Gasteiger partial charge is 0.328 e. The second-order valence-electron chi connectivity index (χ2n) is 5.98. The van der Waals surface area contributed by atoms with Gasteiger partial charge in [0.15, 0.2) is 0 Å². The summed E-state index contributed by atoms with van der Waals surface area (Å²) in [6.45, 7) is 2.02.